The first-order valence-electron chi connectivity index (χ1n) is 5.35. The summed E-state index contributed by atoms with van der Waals surface area (Å²) in [6.45, 7) is 0. The number of hydrogen-bond acceptors (Lipinski definition) is 6. The third-order valence-electron chi connectivity index (χ3n) is 1.86. The Morgan fingerprint density at radius 1 is 0.720 bits per heavy atom. The molecule has 0 saturated carbocycles. The van der Waals surface area contributed by atoms with Gasteiger partial charge in [0.25, 0.3) is 0 Å². The van der Waals surface area contributed by atoms with Crippen LogP contribution in [-0.2, 0) is 19.2 Å². The molecule has 0 amide bonds. The monoisotopic (exact) mass is 386 g/mol. The number of nitrogens with one attached hydrogen (secondary N) is 2. The van der Waals surface area contributed by atoms with Gasteiger partial charge in [0.2, 0.25) is 0 Å². The molecule has 25 heavy (non-hydrogen) atoms. The first-order chi connectivity index (χ1) is 9.07. The summed E-state index contributed by atoms with van der Waals surface area (Å²) in [5, 5.41) is 35.7. The van der Waals surface area contributed by atoms with Crippen molar-refractivity contribution < 1.29 is 61.5 Å². The molecule has 0 aliphatic carbocycles. The third kappa shape index (κ3) is 34.7. The van der Waals surface area contributed by atoms with Gasteiger partial charge in [0, 0.05) is 24.8 Å². The van der Waals surface area contributed by atoms with Crippen molar-refractivity contribution in [3.05, 3.63) is 11.5 Å². The van der Waals surface area contributed by atoms with E-state index in [1.807, 2.05) is 0 Å². The quantitative estimate of drug-likeness (QED) is 0.377. The maximum absolute atomic E-state index is 9.83. The predicted molar refractivity (Wildman–Crippen MR) is 80.2 cm³/mol. The van der Waals surface area contributed by atoms with Crippen molar-refractivity contribution in [2.24, 2.45) is 0 Å². The molecule has 148 valence electrons. The molecule has 0 radical (unpaired) electrons. The van der Waals surface area contributed by atoms with Gasteiger partial charge in [0.05, 0.1) is 0 Å². The Balaban J connectivity index is -0.0000000432. The number of carbonyl (C=O) groups excluding carboxylic acids is 2. The van der Waals surface area contributed by atoms with Gasteiger partial charge in [-0.05, 0) is 0 Å². The summed E-state index contributed by atoms with van der Waals surface area (Å²) in [6.07, 6.45) is -1.00. The minimum Gasteiger partial charge on any atom is -0.670 e. The molecule has 0 saturated heterocycles. The Labute approximate surface area is 158 Å². The molecule has 0 aliphatic heterocycles. The van der Waals surface area contributed by atoms with Crippen LogP contribution in [0.25, 0.3) is 11.5 Å². The van der Waals surface area contributed by atoms with Crippen LogP contribution in [0.4, 0.5) is 0 Å². The molecule has 0 aromatic rings. The van der Waals surface area contributed by atoms with Gasteiger partial charge in [-0.15, -0.1) is 0 Å². The molecule has 0 bridgehead atoms. The third-order valence-corrected chi connectivity index (χ3v) is 1.86. The molecule has 0 unspecified atom stereocenters. The van der Waals surface area contributed by atoms with E-state index < -0.39 is 36.0 Å². The van der Waals surface area contributed by atoms with E-state index in [4.69, 9.17) is 21.7 Å². The van der Waals surface area contributed by atoms with Crippen molar-refractivity contribution in [3.63, 3.8) is 0 Å². The van der Waals surface area contributed by atoms with Gasteiger partial charge in [0.15, 0.2) is 0 Å². The number of rotatable bonds is 8. The molecule has 0 rings (SSSR count). The Kier molecular flexibility index (Phi) is 43.1. The number of carboxylic acids is 4. The van der Waals surface area contributed by atoms with Crippen LogP contribution in [0.15, 0.2) is 0 Å². The first-order valence-corrected chi connectivity index (χ1v) is 5.35. The maximum Gasteiger partial charge on any atom is 2.00 e. The zero-order valence-corrected chi connectivity index (χ0v) is 14.4. The van der Waals surface area contributed by atoms with Gasteiger partial charge in [-0.1, -0.05) is 24.9 Å². The molecule has 2 atom stereocenters. The van der Waals surface area contributed by atoms with Crippen molar-refractivity contribution in [3.8, 4) is 0 Å². The molecule has 0 aromatic heterocycles. The maximum atomic E-state index is 9.83. The van der Waals surface area contributed by atoms with Crippen LogP contribution in [0.1, 0.15) is 25.7 Å². The molecule has 0 fully saturated rings. The van der Waals surface area contributed by atoms with Crippen molar-refractivity contribution in [1.29, 1.82) is 0 Å². The first kappa shape index (κ1) is 43.7. The summed E-state index contributed by atoms with van der Waals surface area (Å²) in [5.41, 5.74) is 13.4. The number of carbonyl (C=O) groups is 4. The second-order valence-corrected chi connectivity index (χ2v) is 3.61. The summed E-state index contributed by atoms with van der Waals surface area (Å²) in [7, 11) is 0. The van der Waals surface area contributed by atoms with Gasteiger partial charge < -0.3 is 63.4 Å². The van der Waals surface area contributed by atoms with Crippen LogP contribution < -0.4 is 10.2 Å². The Hall–Kier alpha value is -1.59. The number of aliphatic carboxylic acids is 4. The predicted octanol–water partition coefficient (Wildman–Crippen LogP) is -5.64. The Morgan fingerprint density at radius 2 is 0.920 bits per heavy atom. The summed E-state index contributed by atoms with van der Waals surface area (Å²) < 4.78 is 0. The van der Waals surface area contributed by atoms with E-state index in [9.17, 15) is 29.4 Å². The molecule has 0 aliphatic rings. The second kappa shape index (κ2) is 24.7. The number of hydrogen-bond donors (Lipinski definition) is 2. The minimum absolute atomic E-state index is 0. The van der Waals surface area contributed by atoms with E-state index in [1.165, 1.54) is 0 Å². The average molecular weight is 387 g/mol. The van der Waals surface area contributed by atoms with Crippen LogP contribution in [0, 0.1) is 0 Å². The summed E-state index contributed by atoms with van der Waals surface area (Å²) in [4.78, 5) is 39.3. The Bertz CT molecular complexity index is 334. The van der Waals surface area contributed by atoms with E-state index in [2.05, 4.69) is 0 Å². The largest absolute Gasteiger partial charge is 2.00 e. The van der Waals surface area contributed by atoms with Crippen LogP contribution in [0.2, 0.25) is 0 Å². The van der Waals surface area contributed by atoms with Gasteiger partial charge in [-0.2, -0.15) is 0 Å². The number of carboxylic acid groups (broad SMARTS) is 4. The fraction of sp³-hybridized carbons (Fsp3) is 0.600. The summed E-state index contributed by atoms with van der Waals surface area (Å²) in [6, 6.07) is -2.84. The molecule has 0 heterocycles. The van der Waals surface area contributed by atoms with Crippen molar-refractivity contribution in [2.45, 2.75) is 37.8 Å². The molecule has 12 N–H and O–H groups in total. The summed E-state index contributed by atoms with van der Waals surface area (Å²) in [5.74, 6) is -5.25. The molecular formula is C10H22MgN2O12-2. The van der Waals surface area contributed by atoms with E-state index in [-0.39, 0.29) is 70.6 Å². The van der Waals surface area contributed by atoms with Gasteiger partial charge in [-0.25, -0.2) is 0 Å². The van der Waals surface area contributed by atoms with Gasteiger partial charge >= 0.3 is 35.0 Å². The van der Waals surface area contributed by atoms with Crippen molar-refractivity contribution in [1.82, 2.24) is 0 Å². The fourth-order valence-corrected chi connectivity index (χ4v) is 0.771. The van der Waals surface area contributed by atoms with Crippen LogP contribution in [0.5, 0.6) is 0 Å². The standard InChI is InChI=1S/2C5H8NO4.Mg.4H2O/c2*6-3(5(9)10)1-2-4(7)8;;;;;/h2*3,6H,1-2H2,(H,7,8)(H,9,10);;4*1H2/q2*-1;+2;;;;/p-2/t2*3-;;;;;/m00...../s1. The Morgan fingerprint density at radius 3 is 1.04 bits per heavy atom. The zero-order valence-electron chi connectivity index (χ0n) is 13.0. The zero-order chi connectivity index (χ0) is 16.3. The smallest absolute Gasteiger partial charge is 0.670 e. The minimum atomic E-state index is -1.53. The van der Waals surface area contributed by atoms with E-state index in [0.717, 1.165) is 0 Å². The molecule has 14 nitrogen and oxygen atoms in total. The molecule has 0 spiro atoms. The second-order valence-electron chi connectivity index (χ2n) is 3.61. The van der Waals surface area contributed by atoms with Crippen LogP contribution >= 0.6 is 0 Å². The van der Waals surface area contributed by atoms with E-state index >= 15 is 0 Å². The SMILES string of the molecule is O.O.O.O.[Mg+2].[NH-][C@@H](CCC(=O)O)C(=O)[O-].[NH-][C@@H](CCC(=O)O)C(=O)[O-]. The van der Waals surface area contributed by atoms with Crippen LogP contribution in [0.3, 0.4) is 0 Å². The van der Waals surface area contributed by atoms with Gasteiger partial charge in [0.1, 0.15) is 0 Å². The van der Waals surface area contributed by atoms with Crippen molar-refractivity contribution >= 4 is 46.9 Å². The summed E-state index contributed by atoms with van der Waals surface area (Å²) >= 11 is 0. The fourth-order valence-electron chi connectivity index (χ4n) is 0.771. The van der Waals surface area contributed by atoms with Gasteiger partial charge in [-0.3, -0.25) is 9.59 Å². The average Bonchev–Trinajstić information content (AvgIpc) is 2.33. The molecule has 0 aromatic carbocycles. The van der Waals surface area contributed by atoms with E-state index in [1.54, 1.807) is 0 Å². The van der Waals surface area contributed by atoms with E-state index in [0.29, 0.717) is 0 Å². The van der Waals surface area contributed by atoms with Crippen molar-refractivity contribution in [2.75, 3.05) is 0 Å². The topological polar surface area (TPSA) is 328 Å². The molecule has 15 heteroatoms. The van der Waals surface area contributed by atoms with Crippen LogP contribution in [-0.4, -0.2) is 91.1 Å². The normalized spacial score (nSPS) is 10.0. The molecular weight excluding hydrogens is 364 g/mol.